The second kappa shape index (κ2) is 2.78. The predicted molar refractivity (Wildman–Crippen MR) is 35.6 cm³/mol. The Morgan fingerprint density at radius 3 is 2.89 bits per heavy atom. The van der Waals surface area contributed by atoms with Crippen LogP contribution in [0.3, 0.4) is 0 Å². The summed E-state index contributed by atoms with van der Waals surface area (Å²) in [5.74, 6) is 0.192. The van der Waals surface area contributed by atoms with Gasteiger partial charge in [0, 0.05) is 13.1 Å². The quantitative estimate of drug-likeness (QED) is 0.516. The lowest BCUT2D eigenvalue weighted by atomic mass is 10.0. The minimum atomic E-state index is -0.00116. The van der Waals surface area contributed by atoms with Crippen molar-refractivity contribution in [1.82, 2.24) is 5.32 Å². The molecule has 1 unspecified atom stereocenters. The fourth-order valence-electron chi connectivity index (χ4n) is 0.786. The molecule has 1 rings (SSSR count). The minimum Gasteiger partial charge on any atom is -0.308 e. The van der Waals surface area contributed by atoms with Crippen molar-refractivity contribution in [3.63, 3.8) is 0 Å². The third-order valence-corrected chi connectivity index (χ3v) is 1.35. The molecule has 1 aliphatic rings. The van der Waals surface area contributed by atoms with Crippen molar-refractivity contribution in [3.8, 4) is 0 Å². The lowest BCUT2D eigenvalue weighted by molar-refractivity contribution is -0.118. The van der Waals surface area contributed by atoms with Crippen LogP contribution in [0.25, 0.3) is 0 Å². The highest BCUT2D eigenvalue weighted by molar-refractivity contribution is 5.81. The molecular weight excluding hydrogens is 114 g/mol. The second-order valence-electron chi connectivity index (χ2n) is 2.14. The molecule has 1 radical (unpaired) electrons. The molecule has 1 aliphatic heterocycles. The van der Waals surface area contributed by atoms with Gasteiger partial charge in [0.2, 0.25) is 0 Å². The molecule has 9 heavy (non-hydrogen) atoms. The number of hydrogen-bond acceptors (Lipinski definition) is 2. The summed E-state index contributed by atoms with van der Waals surface area (Å²) in [5.41, 5.74) is 0. The molecule has 0 aromatic carbocycles. The lowest BCUT2D eigenvalue weighted by Crippen LogP contribution is -2.24. The molecule has 0 spiro atoms. The Morgan fingerprint density at radius 1 is 1.78 bits per heavy atom. The van der Waals surface area contributed by atoms with Gasteiger partial charge in [0.25, 0.3) is 0 Å². The third kappa shape index (κ3) is 1.64. The van der Waals surface area contributed by atoms with E-state index in [2.05, 4.69) is 5.32 Å². The molecule has 49 valence electrons. The molecule has 2 nitrogen and oxygen atoms in total. The Labute approximate surface area is 54.9 Å². The Kier molecular flexibility index (Phi) is 2.01. The minimum absolute atomic E-state index is 0.00116. The molecule has 0 aliphatic carbocycles. The number of carbonyl (C=O) groups is 1. The Hall–Kier alpha value is -0.630. The summed E-state index contributed by atoms with van der Waals surface area (Å²) in [7, 11) is 0. The first-order chi connectivity index (χ1) is 4.30. The van der Waals surface area contributed by atoms with Gasteiger partial charge in [0.15, 0.2) is 0 Å². The van der Waals surface area contributed by atoms with Crippen LogP contribution in [0.5, 0.6) is 0 Å². The average molecular weight is 124 g/mol. The number of ketones is 1. The van der Waals surface area contributed by atoms with Crippen molar-refractivity contribution in [3.05, 3.63) is 18.7 Å². The topological polar surface area (TPSA) is 29.1 Å². The largest absolute Gasteiger partial charge is 0.308 e. The number of carbonyl (C=O) groups excluding carboxylic acids is 1. The van der Waals surface area contributed by atoms with E-state index in [1.807, 2.05) is 18.7 Å². The first kappa shape index (κ1) is 6.49. The van der Waals surface area contributed by atoms with E-state index in [9.17, 15) is 4.79 Å². The van der Waals surface area contributed by atoms with E-state index in [1.165, 1.54) is 0 Å². The summed E-state index contributed by atoms with van der Waals surface area (Å²) < 4.78 is 0. The van der Waals surface area contributed by atoms with Gasteiger partial charge in [-0.15, -0.1) is 0 Å². The van der Waals surface area contributed by atoms with Crippen LogP contribution in [0.1, 0.15) is 6.92 Å². The highest BCUT2D eigenvalue weighted by Gasteiger charge is 2.11. The maximum absolute atomic E-state index is 10.7. The fourth-order valence-corrected chi connectivity index (χ4v) is 0.786. The smallest absolute Gasteiger partial charge is 0.138 e. The van der Waals surface area contributed by atoms with Gasteiger partial charge in [-0.25, -0.2) is 0 Å². The van der Waals surface area contributed by atoms with E-state index in [0.717, 1.165) is 6.54 Å². The van der Waals surface area contributed by atoms with Crippen LogP contribution in [0, 0.1) is 12.5 Å². The summed E-state index contributed by atoms with van der Waals surface area (Å²) in [5, 5.41) is 2.98. The fraction of sp³-hybridized carbons (Fsp3) is 0.429. The van der Waals surface area contributed by atoms with Crippen LogP contribution in [-0.4, -0.2) is 12.3 Å². The van der Waals surface area contributed by atoms with Crippen molar-refractivity contribution >= 4 is 5.78 Å². The molecule has 0 fully saturated rings. The lowest BCUT2D eigenvalue weighted by Gasteiger charge is -2.12. The van der Waals surface area contributed by atoms with E-state index >= 15 is 0 Å². The standard InChI is InChI=1S/C7H10NO/c1-6(9)7-3-2-4-8-5-7/h2-3,5,7-8H,4H2,1H3. The van der Waals surface area contributed by atoms with Crippen LogP contribution >= 0.6 is 0 Å². The maximum Gasteiger partial charge on any atom is 0.138 e. The molecular formula is C7H10NO. The third-order valence-electron chi connectivity index (χ3n) is 1.35. The zero-order valence-electron chi connectivity index (χ0n) is 5.42. The summed E-state index contributed by atoms with van der Waals surface area (Å²) in [6.45, 7) is 4.27. The van der Waals surface area contributed by atoms with Crippen LogP contribution < -0.4 is 5.32 Å². The van der Waals surface area contributed by atoms with Crippen LogP contribution in [-0.2, 0) is 4.79 Å². The van der Waals surface area contributed by atoms with Crippen LogP contribution in [0.2, 0.25) is 0 Å². The molecule has 0 saturated carbocycles. The highest BCUT2D eigenvalue weighted by atomic mass is 16.1. The monoisotopic (exact) mass is 124 g/mol. The van der Waals surface area contributed by atoms with Gasteiger partial charge < -0.3 is 5.32 Å². The number of Topliss-reactive ketones (excluding diaryl/α,β-unsaturated/α-hetero) is 1. The van der Waals surface area contributed by atoms with E-state index in [0.29, 0.717) is 0 Å². The molecule has 1 heterocycles. The molecule has 0 amide bonds. The zero-order valence-corrected chi connectivity index (χ0v) is 5.42. The normalized spacial score (nSPS) is 26.1. The molecule has 0 aromatic rings. The molecule has 0 bridgehead atoms. The molecule has 2 heteroatoms. The van der Waals surface area contributed by atoms with Crippen molar-refractivity contribution in [2.75, 3.05) is 6.54 Å². The predicted octanol–water partition coefficient (Wildman–Crippen LogP) is 0.513. The van der Waals surface area contributed by atoms with Gasteiger partial charge in [-0.05, 0) is 6.92 Å². The van der Waals surface area contributed by atoms with Crippen molar-refractivity contribution in [2.45, 2.75) is 6.92 Å². The Bertz CT molecular complexity index is 140. The SMILES string of the molecule is CC(=O)C1[CH]NCC=C1. The van der Waals surface area contributed by atoms with Crippen LogP contribution in [0.4, 0.5) is 0 Å². The van der Waals surface area contributed by atoms with E-state index < -0.39 is 0 Å². The first-order valence-electron chi connectivity index (χ1n) is 3.04. The molecule has 1 atom stereocenters. The van der Waals surface area contributed by atoms with Crippen molar-refractivity contribution in [2.24, 2.45) is 5.92 Å². The van der Waals surface area contributed by atoms with Gasteiger partial charge in [-0.3, -0.25) is 4.79 Å². The molecule has 1 N–H and O–H groups in total. The Morgan fingerprint density at radius 2 is 2.56 bits per heavy atom. The van der Waals surface area contributed by atoms with Crippen LogP contribution in [0.15, 0.2) is 12.2 Å². The molecule has 0 aromatic heterocycles. The number of nitrogens with one attached hydrogen (secondary N) is 1. The average Bonchev–Trinajstić information content (AvgIpc) is 1.90. The summed E-state index contributed by atoms with van der Waals surface area (Å²) in [6.07, 6.45) is 3.88. The van der Waals surface area contributed by atoms with Gasteiger partial charge >= 0.3 is 0 Å². The van der Waals surface area contributed by atoms with E-state index in [1.54, 1.807) is 6.92 Å². The van der Waals surface area contributed by atoms with Gasteiger partial charge in [0.1, 0.15) is 5.78 Å². The summed E-state index contributed by atoms with van der Waals surface area (Å²) in [6, 6.07) is 0. The maximum atomic E-state index is 10.7. The van der Waals surface area contributed by atoms with Crippen molar-refractivity contribution in [1.29, 1.82) is 0 Å². The Balaban J connectivity index is 2.50. The zero-order chi connectivity index (χ0) is 6.69. The van der Waals surface area contributed by atoms with E-state index in [-0.39, 0.29) is 11.7 Å². The molecule has 0 saturated heterocycles. The van der Waals surface area contributed by atoms with Crippen molar-refractivity contribution < 1.29 is 4.79 Å². The van der Waals surface area contributed by atoms with Gasteiger partial charge in [-0.1, -0.05) is 12.2 Å². The summed E-state index contributed by atoms with van der Waals surface area (Å²) >= 11 is 0. The number of rotatable bonds is 1. The first-order valence-corrected chi connectivity index (χ1v) is 3.04. The number of hydrogen-bond donors (Lipinski definition) is 1. The van der Waals surface area contributed by atoms with Gasteiger partial charge in [0.05, 0.1) is 5.92 Å². The van der Waals surface area contributed by atoms with Gasteiger partial charge in [-0.2, -0.15) is 0 Å². The highest BCUT2D eigenvalue weighted by Crippen LogP contribution is 2.05. The second-order valence-corrected chi connectivity index (χ2v) is 2.14. The summed E-state index contributed by atoms with van der Waals surface area (Å²) in [4.78, 5) is 10.7. The van der Waals surface area contributed by atoms with E-state index in [4.69, 9.17) is 0 Å².